The van der Waals surface area contributed by atoms with Gasteiger partial charge in [0, 0.05) is 55.2 Å². The molecule has 0 bridgehead atoms. The van der Waals surface area contributed by atoms with Crippen molar-refractivity contribution in [3.05, 3.63) is 182 Å². The van der Waals surface area contributed by atoms with Crippen LogP contribution in [0.25, 0.3) is 117 Å². The molecule has 0 aliphatic rings. The van der Waals surface area contributed by atoms with E-state index >= 15 is 0 Å². The lowest BCUT2D eigenvalue weighted by atomic mass is 10.0. The van der Waals surface area contributed by atoms with E-state index in [1.807, 2.05) is 66.7 Å². The number of para-hydroxylation sites is 4. The van der Waals surface area contributed by atoms with Crippen LogP contribution in [0.1, 0.15) is 0 Å². The summed E-state index contributed by atoms with van der Waals surface area (Å²) in [6.07, 6.45) is 0. The minimum absolute atomic E-state index is 0.543. The first-order valence-electron chi connectivity index (χ1n) is 19.0. The summed E-state index contributed by atoms with van der Waals surface area (Å²) in [6, 6.07) is 62.6. The normalized spacial score (nSPS) is 11.9. The molecule has 0 unspecified atom stereocenters. The van der Waals surface area contributed by atoms with Crippen LogP contribution in [-0.2, 0) is 0 Å². The van der Waals surface area contributed by atoms with Gasteiger partial charge in [-0.1, -0.05) is 127 Å². The van der Waals surface area contributed by atoms with Gasteiger partial charge in [0.15, 0.2) is 17.5 Å². The monoisotopic (exact) mass is 730 g/mol. The fraction of sp³-hybridized carbons (Fsp3) is 0. The van der Waals surface area contributed by atoms with Crippen LogP contribution in [-0.4, -0.2) is 19.5 Å². The van der Waals surface area contributed by atoms with Gasteiger partial charge in [-0.3, -0.25) is 0 Å². The van der Waals surface area contributed by atoms with Crippen LogP contribution in [0.2, 0.25) is 0 Å². The minimum atomic E-state index is 0.543. The van der Waals surface area contributed by atoms with Crippen LogP contribution in [0, 0.1) is 0 Å². The molecule has 0 amide bonds. The third kappa shape index (κ3) is 4.94. The average molecular weight is 731 g/mol. The van der Waals surface area contributed by atoms with Crippen molar-refractivity contribution in [1.82, 2.24) is 19.5 Å². The summed E-state index contributed by atoms with van der Waals surface area (Å²) in [6.45, 7) is 0. The number of rotatable bonds is 5. The summed E-state index contributed by atoms with van der Waals surface area (Å²) < 4.78 is 15.4. The Morgan fingerprint density at radius 1 is 0.351 bits per heavy atom. The first kappa shape index (κ1) is 31.5. The first-order valence-corrected chi connectivity index (χ1v) is 19.0. The quantitative estimate of drug-likeness (QED) is 0.176. The summed E-state index contributed by atoms with van der Waals surface area (Å²) in [5.41, 5.74) is 11.2. The maximum atomic E-state index is 6.62. The highest BCUT2D eigenvalue weighted by Gasteiger charge is 2.22. The first-order chi connectivity index (χ1) is 28.2. The molecule has 0 saturated carbocycles. The van der Waals surface area contributed by atoms with Gasteiger partial charge < -0.3 is 13.4 Å². The van der Waals surface area contributed by atoms with Crippen molar-refractivity contribution < 1.29 is 8.83 Å². The molecule has 6 nitrogen and oxygen atoms in total. The molecule has 0 N–H and O–H groups in total. The molecule has 0 atom stereocenters. The summed E-state index contributed by atoms with van der Waals surface area (Å²) in [7, 11) is 0. The standard InChI is InChI=1S/C51H30N4O2/c1-3-13-31(14-4-1)33-25-27-37-38-28-26-34(30-46(38)56-45(37)29-33)55-43-23-9-7-17-35(43)39-19-11-21-41(47(39)55)50-52-49(32-15-5-2-6-16-32)53-51(54-50)42-22-12-20-40-36-18-8-10-24-44(36)57-48(40)42/h1-30H. The van der Waals surface area contributed by atoms with Gasteiger partial charge in [0.25, 0.3) is 0 Å². The van der Waals surface area contributed by atoms with E-state index in [1.165, 1.54) is 0 Å². The SMILES string of the molecule is c1ccc(-c2ccc3c(c2)oc2cc(-n4c5ccccc5c5cccc(-c6nc(-c7ccccc7)nc(-c7cccc8c7oc7ccccc78)n6)c54)ccc23)cc1. The Morgan fingerprint density at radius 2 is 0.947 bits per heavy atom. The van der Waals surface area contributed by atoms with Gasteiger partial charge in [0.2, 0.25) is 0 Å². The Labute approximate surface area is 325 Å². The Bertz CT molecular complexity index is 3530. The lowest BCUT2D eigenvalue weighted by Gasteiger charge is -2.13. The van der Waals surface area contributed by atoms with E-state index in [9.17, 15) is 0 Å². The predicted octanol–water partition coefficient (Wildman–Crippen LogP) is 13.4. The van der Waals surface area contributed by atoms with Crippen LogP contribution < -0.4 is 0 Å². The summed E-state index contributed by atoms with van der Waals surface area (Å²) in [4.78, 5) is 15.6. The van der Waals surface area contributed by atoms with Crippen molar-refractivity contribution >= 4 is 65.7 Å². The maximum absolute atomic E-state index is 6.62. The smallest absolute Gasteiger partial charge is 0.167 e. The number of benzene rings is 8. The molecule has 57 heavy (non-hydrogen) atoms. The van der Waals surface area contributed by atoms with E-state index in [1.54, 1.807) is 0 Å². The molecule has 12 aromatic rings. The van der Waals surface area contributed by atoms with Gasteiger partial charge in [0.1, 0.15) is 22.3 Å². The molecule has 8 aromatic carbocycles. The Hall–Kier alpha value is -7.83. The number of furan rings is 2. The second-order valence-corrected chi connectivity index (χ2v) is 14.4. The molecule has 0 spiro atoms. The fourth-order valence-electron chi connectivity index (χ4n) is 8.44. The fourth-order valence-corrected chi connectivity index (χ4v) is 8.44. The van der Waals surface area contributed by atoms with Gasteiger partial charge in [-0.2, -0.15) is 0 Å². The van der Waals surface area contributed by atoms with Gasteiger partial charge in [-0.15, -0.1) is 0 Å². The lowest BCUT2D eigenvalue weighted by molar-refractivity contribution is 0.668. The molecule has 0 radical (unpaired) electrons. The number of hydrogen-bond acceptors (Lipinski definition) is 5. The highest BCUT2D eigenvalue weighted by molar-refractivity contribution is 6.14. The highest BCUT2D eigenvalue weighted by Crippen LogP contribution is 2.41. The van der Waals surface area contributed by atoms with E-state index in [0.29, 0.717) is 17.5 Å². The molecule has 266 valence electrons. The molecule has 0 aliphatic heterocycles. The largest absolute Gasteiger partial charge is 0.456 e. The Morgan fingerprint density at radius 3 is 1.77 bits per heavy atom. The van der Waals surface area contributed by atoms with Crippen molar-refractivity contribution in [3.63, 3.8) is 0 Å². The number of fused-ring (bicyclic) bond motifs is 9. The van der Waals surface area contributed by atoms with Gasteiger partial charge in [-0.05, 0) is 59.7 Å². The van der Waals surface area contributed by atoms with E-state index in [0.717, 1.165) is 99.2 Å². The summed E-state index contributed by atoms with van der Waals surface area (Å²) >= 11 is 0. The Kier molecular flexibility index (Phi) is 6.83. The van der Waals surface area contributed by atoms with E-state index in [-0.39, 0.29) is 0 Å². The predicted molar refractivity (Wildman–Crippen MR) is 230 cm³/mol. The van der Waals surface area contributed by atoms with Crippen molar-refractivity contribution in [2.45, 2.75) is 0 Å². The van der Waals surface area contributed by atoms with Gasteiger partial charge in [0.05, 0.1) is 16.6 Å². The van der Waals surface area contributed by atoms with Crippen LogP contribution in [0.4, 0.5) is 0 Å². The molecular weight excluding hydrogens is 701 g/mol. The Balaban J connectivity index is 1.10. The van der Waals surface area contributed by atoms with Crippen molar-refractivity contribution in [3.8, 4) is 51.0 Å². The molecular formula is C51H30N4O2. The summed E-state index contributed by atoms with van der Waals surface area (Å²) in [5.74, 6) is 1.70. The number of hydrogen-bond donors (Lipinski definition) is 0. The zero-order valence-corrected chi connectivity index (χ0v) is 30.4. The molecule has 0 aliphatic carbocycles. The second-order valence-electron chi connectivity index (χ2n) is 14.4. The summed E-state index contributed by atoms with van der Waals surface area (Å²) in [5, 5.41) is 6.47. The molecule has 12 rings (SSSR count). The molecule has 6 heteroatoms. The average Bonchev–Trinajstić information content (AvgIpc) is 3.96. The van der Waals surface area contributed by atoms with E-state index in [4.69, 9.17) is 23.8 Å². The minimum Gasteiger partial charge on any atom is -0.456 e. The maximum Gasteiger partial charge on any atom is 0.167 e. The zero-order chi connectivity index (χ0) is 37.5. The van der Waals surface area contributed by atoms with Gasteiger partial charge in [-0.25, -0.2) is 15.0 Å². The lowest BCUT2D eigenvalue weighted by Crippen LogP contribution is -2.02. The van der Waals surface area contributed by atoms with E-state index in [2.05, 4.69) is 120 Å². The van der Waals surface area contributed by atoms with E-state index < -0.39 is 0 Å². The molecule has 4 heterocycles. The zero-order valence-electron chi connectivity index (χ0n) is 30.4. The van der Waals surface area contributed by atoms with Crippen molar-refractivity contribution in [2.75, 3.05) is 0 Å². The number of nitrogens with zero attached hydrogens (tertiary/aromatic N) is 4. The second kappa shape index (κ2) is 12.3. The molecule has 0 saturated heterocycles. The van der Waals surface area contributed by atoms with Crippen molar-refractivity contribution in [1.29, 1.82) is 0 Å². The van der Waals surface area contributed by atoms with Crippen LogP contribution >= 0.6 is 0 Å². The van der Waals surface area contributed by atoms with Crippen LogP contribution in [0.15, 0.2) is 191 Å². The van der Waals surface area contributed by atoms with Crippen LogP contribution in [0.5, 0.6) is 0 Å². The van der Waals surface area contributed by atoms with Gasteiger partial charge >= 0.3 is 0 Å². The third-order valence-electron chi connectivity index (χ3n) is 11.1. The molecule has 0 fully saturated rings. The molecule has 4 aromatic heterocycles. The topological polar surface area (TPSA) is 69.9 Å². The van der Waals surface area contributed by atoms with Crippen molar-refractivity contribution in [2.24, 2.45) is 0 Å². The number of aromatic nitrogens is 4. The van der Waals surface area contributed by atoms with Crippen LogP contribution in [0.3, 0.4) is 0 Å². The highest BCUT2D eigenvalue weighted by atomic mass is 16.3. The third-order valence-corrected chi connectivity index (χ3v) is 11.1.